The molecule has 0 atom stereocenters. The van der Waals surface area contributed by atoms with Crippen molar-refractivity contribution in [3.05, 3.63) is 32.8 Å². The molecule has 14 heavy (non-hydrogen) atoms. The van der Waals surface area contributed by atoms with Gasteiger partial charge in [0.05, 0.1) is 9.82 Å². The van der Waals surface area contributed by atoms with E-state index in [2.05, 4.69) is 15.9 Å². The summed E-state index contributed by atoms with van der Waals surface area (Å²) in [5.74, 6) is 0. The minimum absolute atomic E-state index is 0.173. The highest BCUT2D eigenvalue weighted by Gasteiger charge is 2.14. The quantitative estimate of drug-likeness (QED) is 0.478. The molecule has 0 N–H and O–H groups in total. The molecule has 0 heterocycles. The number of nitrogens with zero attached hydrogens (tertiary/aromatic N) is 1. The molecule has 0 aliphatic carbocycles. The highest BCUT2D eigenvalue weighted by molar-refractivity contribution is 9.10. The van der Waals surface area contributed by atoms with Crippen LogP contribution < -0.4 is 0 Å². The van der Waals surface area contributed by atoms with E-state index in [1.807, 2.05) is 13.8 Å². The summed E-state index contributed by atoms with van der Waals surface area (Å²) in [5.41, 5.74) is 0.173. The maximum atomic E-state index is 10.7. The summed E-state index contributed by atoms with van der Waals surface area (Å²) in [6, 6.07) is 4.99. The Morgan fingerprint density at radius 1 is 1.50 bits per heavy atom. The maximum absolute atomic E-state index is 10.7. The summed E-state index contributed by atoms with van der Waals surface area (Å²) in [6.45, 7) is 4.02. The molecule has 1 aromatic carbocycles. The van der Waals surface area contributed by atoms with Gasteiger partial charge in [0.15, 0.2) is 0 Å². The van der Waals surface area contributed by atoms with Crippen LogP contribution >= 0.6 is 27.7 Å². The predicted molar refractivity (Wildman–Crippen MR) is 61.8 cm³/mol. The van der Waals surface area contributed by atoms with E-state index >= 15 is 0 Å². The largest absolute Gasteiger partial charge is 0.282 e. The molecule has 0 aliphatic heterocycles. The SMILES string of the molecule is CC(C)Sc1cc(Br)ccc1[N+](=O)[O-]. The van der Waals surface area contributed by atoms with E-state index in [9.17, 15) is 10.1 Å². The smallest absolute Gasteiger partial charge is 0.258 e. The number of halogens is 1. The van der Waals surface area contributed by atoms with Crippen molar-refractivity contribution in [1.29, 1.82) is 0 Å². The van der Waals surface area contributed by atoms with Crippen LogP contribution in [0.2, 0.25) is 0 Å². The number of thioether (sulfide) groups is 1. The Bertz CT molecular complexity index is 355. The first-order valence-electron chi connectivity index (χ1n) is 4.11. The molecule has 76 valence electrons. The van der Waals surface area contributed by atoms with Crippen LogP contribution in [0.5, 0.6) is 0 Å². The zero-order chi connectivity index (χ0) is 10.7. The summed E-state index contributed by atoms with van der Waals surface area (Å²) in [5, 5.41) is 11.0. The lowest BCUT2D eigenvalue weighted by atomic mass is 10.3. The Morgan fingerprint density at radius 3 is 2.64 bits per heavy atom. The predicted octanol–water partition coefficient (Wildman–Crippen LogP) is 3.86. The molecule has 5 heteroatoms. The monoisotopic (exact) mass is 275 g/mol. The van der Waals surface area contributed by atoms with Gasteiger partial charge in [-0.3, -0.25) is 10.1 Å². The summed E-state index contributed by atoms with van der Waals surface area (Å²) in [4.78, 5) is 11.0. The third-order valence-corrected chi connectivity index (χ3v) is 3.03. The minimum Gasteiger partial charge on any atom is -0.258 e. The molecule has 0 saturated heterocycles. The van der Waals surface area contributed by atoms with E-state index in [0.717, 1.165) is 4.47 Å². The van der Waals surface area contributed by atoms with E-state index < -0.39 is 0 Å². The highest BCUT2D eigenvalue weighted by Crippen LogP contribution is 2.33. The molecule has 0 bridgehead atoms. The molecule has 0 radical (unpaired) electrons. The van der Waals surface area contributed by atoms with Crippen molar-refractivity contribution >= 4 is 33.4 Å². The van der Waals surface area contributed by atoms with E-state index in [1.54, 1.807) is 12.1 Å². The normalized spacial score (nSPS) is 10.6. The van der Waals surface area contributed by atoms with Crippen LogP contribution in [0, 0.1) is 10.1 Å². The fourth-order valence-electron chi connectivity index (χ4n) is 0.987. The van der Waals surface area contributed by atoms with Crippen molar-refractivity contribution in [2.45, 2.75) is 24.0 Å². The van der Waals surface area contributed by atoms with Gasteiger partial charge in [0.2, 0.25) is 0 Å². The molecule has 0 unspecified atom stereocenters. The van der Waals surface area contributed by atoms with Gasteiger partial charge in [-0.25, -0.2) is 0 Å². The third-order valence-electron chi connectivity index (χ3n) is 1.48. The molecule has 0 aliphatic rings. The van der Waals surface area contributed by atoms with Crippen molar-refractivity contribution in [3.8, 4) is 0 Å². The second-order valence-corrected chi connectivity index (χ2v) is 5.57. The van der Waals surface area contributed by atoms with Gasteiger partial charge in [0.1, 0.15) is 0 Å². The summed E-state index contributed by atoms with van der Waals surface area (Å²) in [6.07, 6.45) is 0. The molecular weight excluding hydrogens is 266 g/mol. The van der Waals surface area contributed by atoms with Crippen molar-refractivity contribution in [3.63, 3.8) is 0 Å². The van der Waals surface area contributed by atoms with E-state index in [1.165, 1.54) is 17.8 Å². The minimum atomic E-state index is -0.350. The number of nitro groups is 1. The number of rotatable bonds is 3. The highest BCUT2D eigenvalue weighted by atomic mass is 79.9. The van der Waals surface area contributed by atoms with Crippen LogP contribution in [-0.2, 0) is 0 Å². The molecule has 0 saturated carbocycles. The molecule has 0 amide bonds. The summed E-state index contributed by atoms with van der Waals surface area (Å²) < 4.78 is 0.867. The van der Waals surface area contributed by atoms with Gasteiger partial charge in [-0.05, 0) is 12.1 Å². The van der Waals surface area contributed by atoms with Crippen molar-refractivity contribution < 1.29 is 4.92 Å². The molecule has 1 rings (SSSR count). The van der Waals surface area contributed by atoms with Gasteiger partial charge in [0, 0.05) is 15.8 Å². The number of hydrogen-bond acceptors (Lipinski definition) is 3. The second kappa shape index (κ2) is 4.79. The topological polar surface area (TPSA) is 43.1 Å². The molecule has 1 aromatic rings. The van der Waals surface area contributed by atoms with E-state index in [4.69, 9.17) is 0 Å². The Labute approximate surface area is 95.2 Å². The van der Waals surface area contributed by atoms with Gasteiger partial charge in [-0.15, -0.1) is 11.8 Å². The van der Waals surface area contributed by atoms with Crippen LogP contribution in [0.1, 0.15) is 13.8 Å². The maximum Gasteiger partial charge on any atom is 0.282 e. The average molecular weight is 276 g/mol. The molecule has 0 spiro atoms. The Kier molecular flexibility index (Phi) is 3.95. The average Bonchev–Trinajstić information content (AvgIpc) is 2.01. The third kappa shape index (κ3) is 2.99. The van der Waals surface area contributed by atoms with E-state index in [0.29, 0.717) is 10.1 Å². The first-order valence-corrected chi connectivity index (χ1v) is 5.78. The Hall–Kier alpha value is -0.550. The van der Waals surface area contributed by atoms with Crippen molar-refractivity contribution in [2.24, 2.45) is 0 Å². The summed E-state index contributed by atoms with van der Waals surface area (Å²) >= 11 is 4.80. The number of nitro benzene ring substituents is 1. The number of benzene rings is 1. The van der Waals surface area contributed by atoms with Gasteiger partial charge in [0.25, 0.3) is 5.69 Å². The molecule has 3 nitrogen and oxygen atoms in total. The van der Waals surface area contributed by atoms with Gasteiger partial charge >= 0.3 is 0 Å². The molecule has 0 aromatic heterocycles. The fraction of sp³-hybridized carbons (Fsp3) is 0.333. The lowest BCUT2D eigenvalue weighted by Gasteiger charge is -2.05. The van der Waals surface area contributed by atoms with Crippen LogP contribution in [0.4, 0.5) is 5.69 Å². The van der Waals surface area contributed by atoms with Crippen LogP contribution in [-0.4, -0.2) is 10.2 Å². The van der Waals surface area contributed by atoms with E-state index in [-0.39, 0.29) is 10.6 Å². The van der Waals surface area contributed by atoms with Gasteiger partial charge in [-0.1, -0.05) is 29.8 Å². The first-order chi connectivity index (χ1) is 6.50. The van der Waals surface area contributed by atoms with Crippen LogP contribution in [0.15, 0.2) is 27.6 Å². The Morgan fingerprint density at radius 2 is 2.14 bits per heavy atom. The van der Waals surface area contributed by atoms with Crippen molar-refractivity contribution in [1.82, 2.24) is 0 Å². The lowest BCUT2D eigenvalue weighted by Crippen LogP contribution is -1.93. The lowest BCUT2D eigenvalue weighted by molar-refractivity contribution is -0.387. The standard InChI is InChI=1S/C9H10BrNO2S/c1-6(2)14-9-5-7(10)3-4-8(9)11(12)13/h3-6H,1-2H3. The number of hydrogen-bond donors (Lipinski definition) is 0. The van der Waals surface area contributed by atoms with Gasteiger partial charge < -0.3 is 0 Å². The van der Waals surface area contributed by atoms with Gasteiger partial charge in [-0.2, -0.15) is 0 Å². The zero-order valence-corrected chi connectivity index (χ0v) is 10.3. The molecular formula is C9H10BrNO2S. The van der Waals surface area contributed by atoms with Crippen molar-refractivity contribution in [2.75, 3.05) is 0 Å². The second-order valence-electron chi connectivity index (χ2n) is 3.04. The molecule has 0 fully saturated rings. The fourth-order valence-corrected chi connectivity index (χ4v) is 2.47. The zero-order valence-electron chi connectivity index (χ0n) is 7.86. The first kappa shape index (κ1) is 11.5. The van der Waals surface area contributed by atoms with Crippen LogP contribution in [0.25, 0.3) is 0 Å². The summed E-state index contributed by atoms with van der Waals surface area (Å²) in [7, 11) is 0. The van der Waals surface area contributed by atoms with Crippen LogP contribution in [0.3, 0.4) is 0 Å². The Balaban J connectivity index is 3.09.